The number of amides is 2. The summed E-state index contributed by atoms with van der Waals surface area (Å²) in [6, 6.07) is 12.9. The predicted octanol–water partition coefficient (Wildman–Crippen LogP) is 2.97. The molecule has 0 spiro atoms. The minimum absolute atomic E-state index is 0.469. The van der Waals surface area contributed by atoms with E-state index in [1.807, 2.05) is 48.0 Å². The smallest absolute Gasteiger partial charge is 0.278 e. The molecule has 7 heteroatoms. The van der Waals surface area contributed by atoms with Crippen LogP contribution in [0.4, 0.5) is 11.4 Å². The predicted molar refractivity (Wildman–Crippen MR) is 105 cm³/mol. The maximum atomic E-state index is 12.9. The number of aryl methyl sites for hydroxylation is 1. The largest absolute Gasteiger partial charge is 0.466 e. The number of carbonyl (C=O) groups is 2. The summed E-state index contributed by atoms with van der Waals surface area (Å²) in [7, 11) is 0. The van der Waals surface area contributed by atoms with E-state index in [-0.39, 0.29) is 0 Å². The average molecular weight is 376 g/mol. The Labute approximate surface area is 162 Å². The maximum Gasteiger partial charge on any atom is 0.278 e. The van der Waals surface area contributed by atoms with Crippen LogP contribution in [0.3, 0.4) is 0 Å². The van der Waals surface area contributed by atoms with Gasteiger partial charge in [0, 0.05) is 24.6 Å². The molecule has 0 saturated carbocycles. The average Bonchev–Trinajstić information content (AvgIpc) is 3.16. The topological polar surface area (TPSA) is 85.3 Å². The number of carbonyl (C=O) groups excluding carboxylic acids is 2. The van der Waals surface area contributed by atoms with Crippen molar-refractivity contribution < 1.29 is 14.3 Å². The molecule has 0 saturated heterocycles. The quantitative estimate of drug-likeness (QED) is 0.686. The molecule has 7 nitrogen and oxygen atoms in total. The number of rotatable bonds is 4. The number of nitrogens with one attached hydrogen (secondary N) is 2. The number of nitrogens with zero attached hydrogens (tertiary/aromatic N) is 2. The van der Waals surface area contributed by atoms with E-state index >= 15 is 0 Å². The fourth-order valence-corrected chi connectivity index (χ4v) is 3.08. The van der Waals surface area contributed by atoms with Gasteiger partial charge in [0.2, 0.25) is 0 Å². The van der Waals surface area contributed by atoms with Crippen molar-refractivity contribution in [2.75, 3.05) is 10.6 Å². The normalized spacial score (nSPS) is 18.0. The van der Waals surface area contributed by atoms with Gasteiger partial charge in [0.25, 0.3) is 17.4 Å². The number of hydrogen-bond acceptors (Lipinski definition) is 4. The lowest BCUT2D eigenvalue weighted by Gasteiger charge is -2.33. The van der Waals surface area contributed by atoms with Crippen molar-refractivity contribution in [3.8, 4) is 5.75 Å². The maximum absolute atomic E-state index is 12.9. The van der Waals surface area contributed by atoms with Crippen LogP contribution >= 0.6 is 0 Å². The van der Waals surface area contributed by atoms with Crippen molar-refractivity contribution in [1.29, 1.82) is 0 Å². The Kier molecular flexibility index (Phi) is 4.35. The van der Waals surface area contributed by atoms with Gasteiger partial charge in [-0.15, -0.1) is 0 Å². The van der Waals surface area contributed by atoms with E-state index in [4.69, 9.17) is 4.74 Å². The fourth-order valence-electron chi connectivity index (χ4n) is 3.08. The molecule has 4 rings (SSSR count). The first-order chi connectivity index (χ1) is 13.4. The van der Waals surface area contributed by atoms with Gasteiger partial charge in [-0.3, -0.25) is 9.59 Å². The summed E-state index contributed by atoms with van der Waals surface area (Å²) in [6.07, 6.45) is 5.31. The first-order valence-corrected chi connectivity index (χ1v) is 8.91. The number of anilines is 2. The molecule has 0 fully saturated rings. The lowest BCUT2D eigenvalue weighted by molar-refractivity contribution is -0.143. The van der Waals surface area contributed by atoms with Gasteiger partial charge < -0.3 is 19.9 Å². The number of benzene rings is 2. The molecule has 0 bridgehead atoms. The SMILES string of the molecule is Cc1ccc2c(c1)NC(=O)C(C)(C(=O)Nc1cccc(Cn3ccnc3)c1)O2. The molecular formula is C21H20N4O3. The molecule has 1 unspecified atom stereocenters. The first kappa shape index (κ1) is 17.8. The third-order valence-electron chi connectivity index (χ3n) is 4.67. The molecule has 28 heavy (non-hydrogen) atoms. The molecule has 2 aromatic carbocycles. The molecule has 1 aliphatic heterocycles. The van der Waals surface area contributed by atoms with E-state index in [0.29, 0.717) is 23.7 Å². The monoisotopic (exact) mass is 376 g/mol. The van der Waals surface area contributed by atoms with E-state index < -0.39 is 17.4 Å². The van der Waals surface area contributed by atoms with E-state index in [2.05, 4.69) is 15.6 Å². The van der Waals surface area contributed by atoms with Crippen LogP contribution in [0.2, 0.25) is 0 Å². The molecule has 2 heterocycles. The summed E-state index contributed by atoms with van der Waals surface area (Å²) < 4.78 is 7.73. The Balaban J connectivity index is 1.53. The summed E-state index contributed by atoms with van der Waals surface area (Å²) in [4.78, 5) is 29.5. The van der Waals surface area contributed by atoms with E-state index in [1.54, 1.807) is 24.7 Å². The van der Waals surface area contributed by atoms with Crippen LogP contribution in [0.15, 0.2) is 61.2 Å². The summed E-state index contributed by atoms with van der Waals surface area (Å²) in [5.74, 6) is -0.564. The molecule has 0 radical (unpaired) electrons. The zero-order valence-electron chi connectivity index (χ0n) is 15.6. The standard InChI is InChI=1S/C21H20N4O3/c1-14-6-7-18-17(10-14)24-20(27)21(2,28-18)19(26)23-16-5-3-4-15(11-16)12-25-9-8-22-13-25/h3-11,13H,12H2,1-2H3,(H,23,26)(H,24,27). The van der Waals surface area contributed by atoms with Crippen LogP contribution in [0.25, 0.3) is 0 Å². The zero-order valence-corrected chi connectivity index (χ0v) is 15.6. The van der Waals surface area contributed by atoms with Gasteiger partial charge in [-0.25, -0.2) is 4.98 Å². The summed E-state index contributed by atoms with van der Waals surface area (Å²) in [6.45, 7) is 4.02. The van der Waals surface area contributed by atoms with Gasteiger partial charge in [-0.2, -0.15) is 0 Å². The van der Waals surface area contributed by atoms with Crippen molar-refractivity contribution >= 4 is 23.2 Å². The Morgan fingerprint density at radius 2 is 2.14 bits per heavy atom. The van der Waals surface area contributed by atoms with E-state index in [9.17, 15) is 9.59 Å². The second-order valence-corrected chi connectivity index (χ2v) is 6.98. The molecule has 0 aliphatic carbocycles. The van der Waals surface area contributed by atoms with Crippen molar-refractivity contribution in [3.63, 3.8) is 0 Å². The van der Waals surface area contributed by atoms with Crippen LogP contribution in [-0.2, 0) is 16.1 Å². The van der Waals surface area contributed by atoms with Gasteiger partial charge in [0.15, 0.2) is 0 Å². The van der Waals surface area contributed by atoms with Crippen LogP contribution in [0, 0.1) is 6.92 Å². The highest BCUT2D eigenvalue weighted by Crippen LogP contribution is 2.34. The number of ether oxygens (including phenoxy) is 1. The number of aromatic nitrogens is 2. The van der Waals surface area contributed by atoms with Gasteiger partial charge >= 0.3 is 0 Å². The van der Waals surface area contributed by atoms with Gasteiger partial charge in [0.1, 0.15) is 5.75 Å². The van der Waals surface area contributed by atoms with E-state index in [1.165, 1.54) is 6.92 Å². The fraction of sp³-hybridized carbons (Fsp3) is 0.190. The second-order valence-electron chi connectivity index (χ2n) is 6.98. The van der Waals surface area contributed by atoms with Crippen LogP contribution < -0.4 is 15.4 Å². The van der Waals surface area contributed by atoms with Crippen LogP contribution in [-0.4, -0.2) is 27.0 Å². The summed E-state index contributed by atoms with van der Waals surface area (Å²) in [5.41, 5.74) is 1.48. The third kappa shape index (κ3) is 3.34. The number of hydrogen-bond donors (Lipinski definition) is 2. The Morgan fingerprint density at radius 1 is 1.29 bits per heavy atom. The molecule has 2 N–H and O–H groups in total. The lowest BCUT2D eigenvalue weighted by Crippen LogP contribution is -2.56. The highest BCUT2D eigenvalue weighted by Gasteiger charge is 2.47. The molecule has 1 aromatic heterocycles. The van der Waals surface area contributed by atoms with Crippen LogP contribution in [0.1, 0.15) is 18.1 Å². The second kappa shape index (κ2) is 6.84. The Morgan fingerprint density at radius 3 is 2.93 bits per heavy atom. The molecule has 1 atom stereocenters. The van der Waals surface area contributed by atoms with Gasteiger partial charge in [-0.05, 0) is 49.2 Å². The van der Waals surface area contributed by atoms with Crippen molar-refractivity contribution in [2.24, 2.45) is 0 Å². The van der Waals surface area contributed by atoms with Gasteiger partial charge in [0.05, 0.1) is 12.0 Å². The Bertz CT molecular complexity index is 1050. The minimum Gasteiger partial charge on any atom is -0.466 e. The highest BCUT2D eigenvalue weighted by molar-refractivity contribution is 6.19. The minimum atomic E-state index is -1.66. The van der Waals surface area contributed by atoms with Crippen molar-refractivity contribution in [1.82, 2.24) is 9.55 Å². The van der Waals surface area contributed by atoms with Crippen molar-refractivity contribution in [3.05, 3.63) is 72.3 Å². The van der Waals surface area contributed by atoms with Gasteiger partial charge in [-0.1, -0.05) is 18.2 Å². The molecule has 2 amide bonds. The number of fused-ring (bicyclic) bond motifs is 1. The molecular weight excluding hydrogens is 356 g/mol. The lowest BCUT2D eigenvalue weighted by atomic mass is 10.0. The first-order valence-electron chi connectivity index (χ1n) is 8.91. The third-order valence-corrected chi connectivity index (χ3v) is 4.67. The van der Waals surface area contributed by atoms with Crippen LogP contribution in [0.5, 0.6) is 5.75 Å². The highest BCUT2D eigenvalue weighted by atomic mass is 16.5. The molecule has 3 aromatic rings. The zero-order chi connectivity index (χ0) is 19.7. The molecule has 1 aliphatic rings. The summed E-state index contributed by atoms with van der Waals surface area (Å²) >= 11 is 0. The number of imidazole rings is 1. The molecule has 142 valence electrons. The Hall–Kier alpha value is -3.61. The van der Waals surface area contributed by atoms with Crippen molar-refractivity contribution in [2.45, 2.75) is 26.0 Å². The van der Waals surface area contributed by atoms with E-state index in [0.717, 1.165) is 11.1 Å². The summed E-state index contributed by atoms with van der Waals surface area (Å²) in [5, 5.41) is 5.56.